The van der Waals surface area contributed by atoms with E-state index in [0.717, 1.165) is 31.0 Å². The van der Waals surface area contributed by atoms with Crippen LogP contribution in [0.25, 0.3) is 0 Å². The van der Waals surface area contributed by atoms with Crippen LogP contribution in [0.3, 0.4) is 0 Å². The van der Waals surface area contributed by atoms with E-state index in [4.69, 9.17) is 9.47 Å². The fraction of sp³-hybridized carbons (Fsp3) is 0.429. The number of benzene rings is 2. The number of fused-ring (bicyclic) bond motifs is 1. The van der Waals surface area contributed by atoms with Gasteiger partial charge in [0.15, 0.2) is 11.5 Å². The minimum absolute atomic E-state index is 0.140. The van der Waals surface area contributed by atoms with Crippen LogP contribution < -0.4 is 9.47 Å². The first-order chi connectivity index (χ1) is 12.6. The first-order valence-corrected chi connectivity index (χ1v) is 11.2. The Hall–Kier alpha value is -1.85. The Kier molecular flexibility index (Phi) is 5.00. The molecule has 0 bridgehead atoms. The number of halogens is 1. The predicted molar refractivity (Wildman–Crippen MR) is 104 cm³/mol. The number of hydrogen-bond donors (Lipinski definition) is 0. The summed E-state index contributed by atoms with van der Waals surface area (Å²) in [6.07, 6.45) is 3.48. The van der Waals surface area contributed by atoms with Gasteiger partial charge < -0.3 is 14.4 Å². The summed E-state index contributed by atoms with van der Waals surface area (Å²) in [5, 5.41) is 0.302. The van der Waals surface area contributed by atoms with Crippen molar-refractivity contribution in [2.45, 2.75) is 30.3 Å². The third-order valence-electron chi connectivity index (χ3n) is 5.96. The van der Waals surface area contributed by atoms with Gasteiger partial charge in [-0.3, -0.25) is 0 Å². The van der Waals surface area contributed by atoms with Gasteiger partial charge in [0, 0.05) is 9.52 Å². The summed E-state index contributed by atoms with van der Waals surface area (Å²) >= 11 is 0. The van der Waals surface area contributed by atoms with E-state index in [-0.39, 0.29) is 15.3 Å². The minimum Gasteiger partial charge on any atom is -0.454 e. The number of nitrogens with zero attached hydrogens (tertiary/aromatic N) is 1. The number of hydrogen-bond acceptors (Lipinski definition) is 3. The number of ether oxygens (including phenoxy) is 2. The molecule has 0 aliphatic carbocycles. The van der Waals surface area contributed by atoms with Crippen molar-refractivity contribution in [2.75, 3.05) is 26.9 Å². The number of likely N-dealkylation sites (tertiary alicyclic amines) is 1. The molecule has 0 saturated carbocycles. The van der Waals surface area contributed by atoms with Gasteiger partial charge in [-0.05, 0) is 79.8 Å². The molecule has 2 aromatic carbocycles. The fourth-order valence-electron chi connectivity index (χ4n) is 4.26. The highest BCUT2D eigenvalue weighted by Crippen LogP contribution is 2.36. The molecular weight excluding hydrogens is 345 g/mol. The van der Waals surface area contributed by atoms with Gasteiger partial charge in [0.25, 0.3) is 0 Å². The van der Waals surface area contributed by atoms with Crippen molar-refractivity contribution < 1.29 is 13.9 Å². The average Bonchev–Trinajstić information content (AvgIpc) is 3.12. The van der Waals surface area contributed by atoms with E-state index in [0.29, 0.717) is 11.8 Å². The Morgan fingerprint density at radius 3 is 2.54 bits per heavy atom. The second-order valence-corrected chi connectivity index (χ2v) is 10.2. The van der Waals surface area contributed by atoms with Crippen molar-refractivity contribution in [2.24, 2.45) is 0 Å². The molecule has 0 unspecified atom stereocenters. The Morgan fingerprint density at radius 1 is 1.04 bits per heavy atom. The zero-order valence-corrected chi connectivity index (χ0v) is 16.8. The molecule has 0 aromatic heterocycles. The normalized spacial score (nSPS) is 19.3. The maximum absolute atomic E-state index is 13.4. The Balaban J connectivity index is 1.46. The Bertz CT molecular complexity index is 757. The van der Waals surface area contributed by atoms with E-state index in [1.807, 2.05) is 18.2 Å². The lowest BCUT2D eigenvalue weighted by molar-refractivity contribution is 0.174. The van der Waals surface area contributed by atoms with E-state index in [1.165, 1.54) is 30.0 Å². The van der Waals surface area contributed by atoms with Crippen LogP contribution in [-0.2, 0) is 11.5 Å². The first-order valence-electron chi connectivity index (χ1n) is 9.48. The summed E-state index contributed by atoms with van der Waals surface area (Å²) in [6, 6.07) is 14.8. The zero-order chi connectivity index (χ0) is 18.0. The maximum atomic E-state index is 13.4. The van der Waals surface area contributed by atoms with Crippen LogP contribution in [0, 0.1) is 5.82 Å². The van der Waals surface area contributed by atoms with Crippen LogP contribution in [-0.4, -0.2) is 41.3 Å². The van der Waals surface area contributed by atoms with Gasteiger partial charge in [-0.25, -0.2) is 4.39 Å². The molecule has 2 aliphatic heterocycles. The van der Waals surface area contributed by atoms with Gasteiger partial charge in [-0.1, -0.05) is 24.2 Å². The molecule has 1 fully saturated rings. The summed E-state index contributed by atoms with van der Waals surface area (Å²) in [5.41, 5.74) is 2.67. The van der Waals surface area contributed by atoms with E-state index in [1.54, 1.807) is 12.1 Å². The van der Waals surface area contributed by atoms with Crippen molar-refractivity contribution in [3.05, 3.63) is 59.4 Å². The maximum Gasteiger partial charge on any atom is 0.231 e. The average molecular weight is 372 g/mol. The molecule has 2 aliphatic rings. The topological polar surface area (TPSA) is 21.7 Å². The quantitative estimate of drug-likeness (QED) is 0.753. The van der Waals surface area contributed by atoms with Crippen molar-refractivity contribution in [1.82, 2.24) is 4.90 Å². The largest absolute Gasteiger partial charge is 0.454 e. The van der Waals surface area contributed by atoms with Crippen LogP contribution in [0.1, 0.15) is 24.0 Å². The SMILES string of the molecule is CN1CCC([SiH2]CCc2ccc3c(c2)OCO3)(c2ccc(F)cc2)CC1. The fourth-order valence-corrected chi connectivity index (χ4v) is 6.86. The Morgan fingerprint density at radius 2 is 1.77 bits per heavy atom. The highest BCUT2D eigenvalue weighted by molar-refractivity contribution is 6.40. The van der Waals surface area contributed by atoms with Crippen molar-refractivity contribution in [3.63, 3.8) is 0 Å². The summed E-state index contributed by atoms with van der Waals surface area (Å²) in [7, 11) is 1.85. The highest BCUT2D eigenvalue weighted by atomic mass is 28.2. The van der Waals surface area contributed by atoms with Crippen molar-refractivity contribution >= 4 is 9.52 Å². The van der Waals surface area contributed by atoms with E-state index in [2.05, 4.69) is 24.1 Å². The van der Waals surface area contributed by atoms with Gasteiger partial charge >= 0.3 is 0 Å². The number of aryl methyl sites for hydroxylation is 1. The van der Waals surface area contributed by atoms with Crippen LogP contribution in [0.2, 0.25) is 6.04 Å². The molecule has 0 amide bonds. The second kappa shape index (κ2) is 7.41. The van der Waals surface area contributed by atoms with Gasteiger partial charge in [0.05, 0.1) is 0 Å². The van der Waals surface area contributed by atoms with Crippen LogP contribution in [0.15, 0.2) is 42.5 Å². The predicted octanol–water partition coefficient (Wildman–Crippen LogP) is 3.31. The number of piperidine rings is 1. The smallest absolute Gasteiger partial charge is 0.231 e. The summed E-state index contributed by atoms with van der Waals surface area (Å²) in [4.78, 5) is 2.41. The molecule has 2 heterocycles. The standard InChI is InChI=1S/C21H26FNO2Si/c1-23-11-9-21(10-12-23,17-3-5-18(22)6-4-17)26-13-8-16-2-7-19-20(14-16)25-15-24-19/h2-7,14H,8-13,15,26H2,1H3. The molecule has 3 nitrogen and oxygen atoms in total. The van der Waals surface area contributed by atoms with Crippen molar-refractivity contribution in [3.8, 4) is 11.5 Å². The molecule has 1 saturated heterocycles. The molecule has 0 radical (unpaired) electrons. The highest BCUT2D eigenvalue weighted by Gasteiger charge is 2.35. The molecule has 5 heteroatoms. The first kappa shape index (κ1) is 17.6. The molecule has 4 rings (SSSR count). The minimum atomic E-state index is -0.352. The summed E-state index contributed by atoms with van der Waals surface area (Å²) < 4.78 is 24.3. The molecular formula is C21H26FNO2Si. The lowest BCUT2D eigenvalue weighted by atomic mass is 9.88. The molecule has 0 N–H and O–H groups in total. The molecule has 2 aromatic rings. The summed E-state index contributed by atoms with van der Waals surface area (Å²) in [5.74, 6) is 1.58. The van der Waals surface area contributed by atoms with Crippen molar-refractivity contribution in [1.29, 1.82) is 0 Å². The lowest BCUT2D eigenvalue weighted by Crippen LogP contribution is -2.44. The van der Waals surface area contributed by atoms with E-state index < -0.39 is 0 Å². The summed E-state index contributed by atoms with van der Waals surface area (Å²) in [6.45, 7) is 2.59. The van der Waals surface area contributed by atoms with Crippen LogP contribution >= 0.6 is 0 Å². The second-order valence-electron chi connectivity index (χ2n) is 7.63. The van der Waals surface area contributed by atoms with E-state index >= 15 is 0 Å². The van der Waals surface area contributed by atoms with Crippen LogP contribution in [0.5, 0.6) is 11.5 Å². The third kappa shape index (κ3) is 3.64. The Labute approximate surface area is 156 Å². The van der Waals surface area contributed by atoms with Gasteiger partial charge in [0.2, 0.25) is 6.79 Å². The van der Waals surface area contributed by atoms with Crippen LogP contribution in [0.4, 0.5) is 4.39 Å². The monoisotopic (exact) mass is 371 g/mol. The number of rotatable bonds is 5. The van der Waals surface area contributed by atoms with Gasteiger partial charge in [0.1, 0.15) is 5.82 Å². The molecule has 0 spiro atoms. The van der Waals surface area contributed by atoms with E-state index in [9.17, 15) is 4.39 Å². The van der Waals surface area contributed by atoms with Gasteiger partial charge in [-0.2, -0.15) is 0 Å². The molecule has 0 atom stereocenters. The third-order valence-corrected chi connectivity index (χ3v) is 8.74. The molecule has 138 valence electrons. The van der Waals surface area contributed by atoms with Gasteiger partial charge in [-0.15, -0.1) is 0 Å². The zero-order valence-electron chi connectivity index (χ0n) is 15.3. The molecule has 26 heavy (non-hydrogen) atoms. The lowest BCUT2D eigenvalue weighted by Gasteiger charge is -2.41.